The Morgan fingerprint density at radius 3 is 2.33 bits per heavy atom. The molecule has 0 aliphatic rings. The molecule has 0 saturated heterocycles. The van der Waals surface area contributed by atoms with Gasteiger partial charge < -0.3 is 9.63 Å². The fourth-order valence-electron chi connectivity index (χ4n) is 3.40. The predicted octanol–water partition coefficient (Wildman–Crippen LogP) is 3.35. The molecule has 0 fully saturated rings. The smallest absolute Gasteiger partial charge is 0.272 e. The molecule has 0 spiro atoms. The van der Waals surface area contributed by atoms with E-state index in [4.69, 9.17) is 9.73 Å². The van der Waals surface area contributed by atoms with Crippen LogP contribution >= 0.6 is 0 Å². The van der Waals surface area contributed by atoms with Crippen molar-refractivity contribution < 1.29 is 24.4 Å². The topological polar surface area (TPSA) is 126 Å². The summed E-state index contributed by atoms with van der Waals surface area (Å²) in [5.41, 5.74) is 1.83. The minimum Gasteiger partial charge on any atom is -0.382 e. The van der Waals surface area contributed by atoms with Crippen LogP contribution in [0.3, 0.4) is 0 Å². The van der Waals surface area contributed by atoms with Crippen LogP contribution in [0.1, 0.15) is 59.2 Å². The van der Waals surface area contributed by atoms with E-state index in [9.17, 15) is 14.7 Å². The number of amides is 1. The standard InChI is InChI=1S/C22H31N3O5/c1-13(2)11-15(18(27)20(28)24-29)17(26)12-16(22(3,4)5)19-23-21(30-25-19)14-9-7-6-8-10-14/h6-10,13,15-16,18,27,29H,11-12H2,1-5H3,(H,24,28)/t15-,16+,18+/m0/s1. The summed E-state index contributed by atoms with van der Waals surface area (Å²) in [5.74, 6) is -1.77. The summed E-state index contributed by atoms with van der Waals surface area (Å²) in [5, 5.41) is 23.3. The third kappa shape index (κ3) is 5.96. The van der Waals surface area contributed by atoms with Crippen molar-refractivity contribution >= 4 is 11.7 Å². The molecule has 0 aliphatic heterocycles. The number of aromatic nitrogens is 2. The first-order valence-electron chi connectivity index (χ1n) is 10.1. The monoisotopic (exact) mass is 417 g/mol. The van der Waals surface area contributed by atoms with Crippen molar-refractivity contribution in [3.63, 3.8) is 0 Å². The molecule has 3 N–H and O–H groups in total. The lowest BCUT2D eigenvalue weighted by Gasteiger charge is -2.30. The second kappa shape index (κ2) is 9.95. The molecule has 2 aromatic rings. The maximum atomic E-state index is 13.1. The number of carbonyl (C=O) groups is 2. The van der Waals surface area contributed by atoms with Gasteiger partial charge in [0.15, 0.2) is 5.82 Å². The zero-order valence-electron chi connectivity index (χ0n) is 18.1. The summed E-state index contributed by atoms with van der Waals surface area (Å²) in [6, 6.07) is 9.34. The van der Waals surface area contributed by atoms with Crippen molar-refractivity contribution in [1.82, 2.24) is 15.6 Å². The highest BCUT2D eigenvalue weighted by Gasteiger charge is 2.38. The molecule has 1 aromatic heterocycles. The lowest BCUT2D eigenvalue weighted by molar-refractivity contribution is -0.146. The van der Waals surface area contributed by atoms with Gasteiger partial charge in [-0.05, 0) is 29.9 Å². The van der Waals surface area contributed by atoms with Gasteiger partial charge in [-0.15, -0.1) is 0 Å². The molecule has 3 atom stereocenters. The molecule has 164 valence electrons. The van der Waals surface area contributed by atoms with Gasteiger partial charge in [-0.1, -0.05) is 58.0 Å². The lowest BCUT2D eigenvalue weighted by Crippen LogP contribution is -2.42. The molecule has 0 aliphatic carbocycles. The largest absolute Gasteiger partial charge is 0.382 e. The van der Waals surface area contributed by atoms with Crippen LogP contribution < -0.4 is 5.48 Å². The Balaban J connectivity index is 2.30. The molecule has 1 amide bonds. The summed E-state index contributed by atoms with van der Waals surface area (Å²) in [7, 11) is 0. The SMILES string of the molecule is CC(C)C[C@@H](C(=O)C[C@H](c1noc(-c2ccccc2)n1)C(C)(C)C)[C@@H](O)C(=O)NO. The normalized spacial score (nSPS) is 14.9. The Morgan fingerprint density at radius 1 is 1.17 bits per heavy atom. The zero-order valence-corrected chi connectivity index (χ0v) is 18.1. The van der Waals surface area contributed by atoms with Gasteiger partial charge in [-0.2, -0.15) is 4.98 Å². The van der Waals surface area contributed by atoms with Crippen molar-refractivity contribution in [3.05, 3.63) is 36.2 Å². The van der Waals surface area contributed by atoms with Gasteiger partial charge in [-0.25, -0.2) is 5.48 Å². The van der Waals surface area contributed by atoms with Crippen molar-refractivity contribution in [2.45, 2.75) is 59.5 Å². The van der Waals surface area contributed by atoms with Crippen molar-refractivity contribution in [1.29, 1.82) is 0 Å². The van der Waals surface area contributed by atoms with Gasteiger partial charge in [0.05, 0.1) is 5.92 Å². The predicted molar refractivity (Wildman–Crippen MR) is 110 cm³/mol. The average Bonchev–Trinajstić information content (AvgIpc) is 3.18. The van der Waals surface area contributed by atoms with E-state index < -0.39 is 17.9 Å². The van der Waals surface area contributed by atoms with E-state index in [2.05, 4.69) is 10.1 Å². The molecule has 8 heteroatoms. The van der Waals surface area contributed by atoms with Crippen molar-refractivity contribution in [3.8, 4) is 11.5 Å². The summed E-state index contributed by atoms with van der Waals surface area (Å²) < 4.78 is 5.42. The maximum Gasteiger partial charge on any atom is 0.272 e. The van der Waals surface area contributed by atoms with Crippen LogP contribution in [0.15, 0.2) is 34.9 Å². The van der Waals surface area contributed by atoms with Gasteiger partial charge >= 0.3 is 0 Å². The third-order valence-electron chi connectivity index (χ3n) is 5.12. The Kier molecular flexibility index (Phi) is 7.86. The number of carbonyl (C=O) groups excluding carboxylic acids is 2. The Morgan fingerprint density at radius 2 is 1.80 bits per heavy atom. The molecule has 30 heavy (non-hydrogen) atoms. The highest BCUT2D eigenvalue weighted by molar-refractivity contribution is 5.90. The molecular weight excluding hydrogens is 386 g/mol. The van der Waals surface area contributed by atoms with Crippen LogP contribution in [-0.4, -0.2) is 38.2 Å². The first kappa shape index (κ1) is 23.7. The molecule has 0 bridgehead atoms. The Labute approximate surface area is 176 Å². The minimum absolute atomic E-state index is 0.0322. The van der Waals surface area contributed by atoms with Gasteiger partial charge in [-0.3, -0.25) is 14.8 Å². The molecular formula is C22H31N3O5. The van der Waals surface area contributed by atoms with E-state index in [1.54, 1.807) is 0 Å². The van der Waals surface area contributed by atoms with Crippen molar-refractivity contribution in [2.24, 2.45) is 17.3 Å². The molecule has 1 heterocycles. The van der Waals surface area contributed by atoms with E-state index >= 15 is 0 Å². The fourth-order valence-corrected chi connectivity index (χ4v) is 3.40. The van der Waals surface area contributed by atoms with E-state index in [0.717, 1.165) is 5.56 Å². The van der Waals surface area contributed by atoms with Crippen molar-refractivity contribution in [2.75, 3.05) is 0 Å². The Bertz CT molecular complexity index is 842. The maximum absolute atomic E-state index is 13.1. The quantitative estimate of drug-likeness (QED) is 0.422. The molecule has 0 radical (unpaired) electrons. The van der Waals surface area contributed by atoms with Gasteiger partial charge in [0.2, 0.25) is 0 Å². The number of nitrogens with zero attached hydrogens (tertiary/aromatic N) is 2. The summed E-state index contributed by atoms with van der Waals surface area (Å²) in [4.78, 5) is 29.4. The van der Waals surface area contributed by atoms with Gasteiger partial charge in [0.25, 0.3) is 11.8 Å². The number of Topliss-reactive ketones (excluding diaryl/α,β-unsaturated/α-hetero) is 1. The molecule has 2 rings (SSSR count). The molecule has 0 saturated carbocycles. The lowest BCUT2D eigenvalue weighted by atomic mass is 9.74. The van der Waals surface area contributed by atoms with E-state index in [1.807, 2.05) is 65.0 Å². The molecule has 0 unspecified atom stereocenters. The fraction of sp³-hybridized carbons (Fsp3) is 0.545. The van der Waals surface area contributed by atoms with E-state index in [1.165, 1.54) is 5.48 Å². The highest BCUT2D eigenvalue weighted by Crippen LogP contribution is 2.38. The van der Waals surface area contributed by atoms with Crippen LogP contribution in [-0.2, 0) is 9.59 Å². The van der Waals surface area contributed by atoms with Gasteiger partial charge in [0.1, 0.15) is 11.9 Å². The van der Waals surface area contributed by atoms with E-state index in [0.29, 0.717) is 18.1 Å². The van der Waals surface area contributed by atoms with Crippen LogP contribution in [0.2, 0.25) is 0 Å². The average molecular weight is 418 g/mol. The minimum atomic E-state index is -1.63. The number of hydrogen-bond donors (Lipinski definition) is 3. The number of nitrogens with one attached hydrogen (secondary N) is 1. The number of aliphatic hydroxyl groups is 1. The second-order valence-corrected chi connectivity index (χ2v) is 9.07. The number of hydrogen-bond acceptors (Lipinski definition) is 7. The summed E-state index contributed by atoms with van der Waals surface area (Å²) in [6.45, 7) is 9.71. The van der Waals surface area contributed by atoms with Gasteiger partial charge in [0, 0.05) is 17.9 Å². The summed E-state index contributed by atoms with van der Waals surface area (Å²) in [6.07, 6.45) is -1.29. The second-order valence-electron chi connectivity index (χ2n) is 9.07. The number of ketones is 1. The highest BCUT2D eigenvalue weighted by atomic mass is 16.5. The zero-order chi connectivity index (χ0) is 22.5. The number of aliphatic hydroxyl groups excluding tert-OH is 1. The summed E-state index contributed by atoms with van der Waals surface area (Å²) >= 11 is 0. The van der Waals surface area contributed by atoms with Crippen LogP contribution in [0.25, 0.3) is 11.5 Å². The van der Waals surface area contributed by atoms with Crippen LogP contribution in [0.5, 0.6) is 0 Å². The first-order valence-corrected chi connectivity index (χ1v) is 10.1. The van der Waals surface area contributed by atoms with E-state index in [-0.39, 0.29) is 29.5 Å². The van der Waals surface area contributed by atoms with Crippen LogP contribution in [0, 0.1) is 17.3 Å². The Hall–Kier alpha value is -2.58. The molecule has 8 nitrogen and oxygen atoms in total. The molecule has 1 aromatic carbocycles. The van der Waals surface area contributed by atoms with Crippen LogP contribution in [0.4, 0.5) is 0 Å². The first-order chi connectivity index (χ1) is 14.0. The number of hydroxylamine groups is 1. The third-order valence-corrected chi connectivity index (χ3v) is 5.12. The number of benzene rings is 1. The number of rotatable bonds is 9.